The average molecular weight is 1010 g/mol. The number of rotatable bonds is 15. The van der Waals surface area contributed by atoms with Gasteiger partial charge in [-0.3, -0.25) is 0 Å². The molecular weight excluding hydrogens is 1010 g/mol. The molecular formula is C16HF33O6S3. The normalized spacial score (nSPS) is 17.3. The molecule has 0 aromatic rings. The van der Waals surface area contributed by atoms with Crippen LogP contribution >= 0.6 is 0 Å². The Bertz CT molecular complexity index is 1680. The molecule has 0 amide bonds. The maximum Gasteiger partial charge on any atom is 0.460 e. The van der Waals surface area contributed by atoms with Gasteiger partial charge < -0.3 is 0 Å². The van der Waals surface area contributed by atoms with Crippen LogP contribution in [0, 0.1) is 0 Å². The summed E-state index contributed by atoms with van der Waals surface area (Å²) in [6, 6.07) is 0. The van der Waals surface area contributed by atoms with Crippen LogP contribution in [0.1, 0.15) is 0 Å². The molecule has 0 saturated carbocycles. The van der Waals surface area contributed by atoms with Gasteiger partial charge in [0, 0.05) is 0 Å². The monoisotopic (exact) mass is 1010 g/mol. The van der Waals surface area contributed by atoms with E-state index in [1.165, 1.54) is 0 Å². The fraction of sp³-hybridized carbons (Fsp3) is 1.00. The lowest BCUT2D eigenvalue weighted by atomic mass is 10.0. The van der Waals surface area contributed by atoms with Crippen molar-refractivity contribution in [2.24, 2.45) is 0 Å². The lowest BCUT2D eigenvalue weighted by molar-refractivity contribution is -0.413. The first-order valence-electron chi connectivity index (χ1n) is 11.6. The van der Waals surface area contributed by atoms with Crippen LogP contribution in [-0.4, -0.2) is 117 Å². The topological polar surface area (TPSA) is 102 Å². The van der Waals surface area contributed by atoms with Gasteiger partial charge in [-0.1, -0.05) is 0 Å². The fourth-order valence-corrected chi connectivity index (χ4v) is 11.4. The van der Waals surface area contributed by atoms with Crippen molar-refractivity contribution < 1.29 is 170 Å². The molecule has 0 fully saturated rings. The molecule has 0 heterocycles. The Morgan fingerprint density at radius 2 is 0.328 bits per heavy atom. The lowest BCUT2D eigenvalue weighted by Gasteiger charge is -2.41. The van der Waals surface area contributed by atoms with Crippen molar-refractivity contribution in [3.8, 4) is 0 Å². The third-order valence-electron chi connectivity index (χ3n) is 6.36. The molecule has 0 aromatic carbocycles. The third kappa shape index (κ3) is 6.52. The highest BCUT2D eigenvalue weighted by molar-refractivity contribution is 8.25. The second kappa shape index (κ2) is 13.3. The van der Waals surface area contributed by atoms with Gasteiger partial charge in [0.2, 0.25) is 0 Å². The highest BCUT2D eigenvalue weighted by atomic mass is 32.3. The Hall–Kier alpha value is -2.46. The highest BCUT2D eigenvalue weighted by Gasteiger charge is 2.96. The number of hydrogen-bond donors (Lipinski definition) is 0. The Morgan fingerprint density at radius 3 is 0.431 bits per heavy atom. The van der Waals surface area contributed by atoms with E-state index >= 15 is 0 Å². The summed E-state index contributed by atoms with van der Waals surface area (Å²) in [6.07, 6.45) is -25.9. The van der Waals surface area contributed by atoms with E-state index in [0.29, 0.717) is 0 Å². The second-order valence-electron chi connectivity index (χ2n) is 10.1. The second-order valence-corrected chi connectivity index (χ2v) is 17.3. The zero-order chi connectivity index (χ0) is 48.6. The molecule has 0 rings (SSSR count). The van der Waals surface area contributed by atoms with Crippen LogP contribution in [0.15, 0.2) is 0 Å². The van der Waals surface area contributed by atoms with E-state index in [9.17, 15) is 170 Å². The minimum absolute atomic E-state index is 8.62. The minimum atomic E-state index is -11.3. The van der Waals surface area contributed by atoms with Gasteiger partial charge >= 0.3 is 87.6 Å². The maximum atomic E-state index is 14.5. The molecule has 6 nitrogen and oxygen atoms in total. The SMILES string of the molecule is O=S(=O)(C(S(=O)(=O)C(F)(F)C(F)(F)C(F)(F)C(F)(F)C(F)(F)F)S(=O)(=O)C(F)(F)C(F)(F)C(F)(F)C(F)(F)C(F)(F)F)C(F)(F)C(F)(F)C(F)(F)C(F)(F)C(F)(F)F. The number of sulfone groups is 3. The third-order valence-corrected chi connectivity index (χ3v) is 15.4. The summed E-state index contributed by atoms with van der Waals surface area (Å²) in [6.45, 7) is 0. The van der Waals surface area contributed by atoms with Gasteiger partial charge in [0.05, 0.1) is 0 Å². The van der Waals surface area contributed by atoms with Crippen molar-refractivity contribution in [2.75, 3.05) is 0 Å². The van der Waals surface area contributed by atoms with E-state index in [2.05, 4.69) is 0 Å². The molecule has 0 radical (unpaired) electrons. The van der Waals surface area contributed by atoms with Gasteiger partial charge in [-0.05, 0) is 0 Å². The first-order chi connectivity index (χ1) is 24.1. The van der Waals surface area contributed by atoms with Gasteiger partial charge in [-0.2, -0.15) is 145 Å². The summed E-state index contributed by atoms with van der Waals surface area (Å²) >= 11 is 0. The Labute approximate surface area is 292 Å². The van der Waals surface area contributed by atoms with Gasteiger partial charge in [0.15, 0.2) is 0 Å². The van der Waals surface area contributed by atoms with Crippen molar-refractivity contribution in [1.82, 2.24) is 0 Å². The van der Waals surface area contributed by atoms with E-state index in [1.807, 2.05) is 0 Å². The van der Waals surface area contributed by atoms with Crippen LogP contribution in [0.4, 0.5) is 145 Å². The van der Waals surface area contributed by atoms with Gasteiger partial charge in [-0.25, -0.2) is 25.3 Å². The molecule has 0 aliphatic carbocycles. The van der Waals surface area contributed by atoms with E-state index in [-0.39, 0.29) is 0 Å². The van der Waals surface area contributed by atoms with E-state index in [0.717, 1.165) is 0 Å². The largest absolute Gasteiger partial charge is 0.460 e. The van der Waals surface area contributed by atoms with Crippen molar-refractivity contribution >= 4 is 29.5 Å². The first kappa shape index (κ1) is 55.5. The van der Waals surface area contributed by atoms with Crippen molar-refractivity contribution in [1.29, 1.82) is 0 Å². The predicted octanol–water partition coefficient (Wildman–Crippen LogP) is 8.70. The maximum absolute atomic E-state index is 14.5. The van der Waals surface area contributed by atoms with Crippen LogP contribution in [-0.2, 0) is 29.5 Å². The molecule has 350 valence electrons. The fourth-order valence-electron chi connectivity index (χ4n) is 3.07. The zero-order valence-corrected chi connectivity index (χ0v) is 26.7. The van der Waals surface area contributed by atoms with Gasteiger partial charge in [0.25, 0.3) is 33.4 Å². The molecule has 0 unspecified atom stereocenters. The van der Waals surface area contributed by atoms with E-state index in [4.69, 9.17) is 0 Å². The predicted molar refractivity (Wildman–Crippen MR) is 108 cm³/mol. The molecule has 0 aliphatic rings. The molecule has 58 heavy (non-hydrogen) atoms. The standard InChI is InChI=1S/C16HF33O6S3/c17-2(18,5(23,24)11(35,36)37)8(29,30)14(44,45)56(50,51)1(57(52,53)15(46,47)9(31,32)3(19,20)6(25,26)12(38,39)40)58(54,55)16(48,49)10(33,34)4(21,22)7(27,28)13(41,42)43/h1H. The van der Waals surface area contributed by atoms with Crippen LogP contribution in [0.25, 0.3) is 0 Å². The molecule has 0 aromatic heterocycles. The molecule has 42 heteroatoms. The van der Waals surface area contributed by atoms with Crippen LogP contribution in [0.3, 0.4) is 0 Å². The van der Waals surface area contributed by atoms with Crippen LogP contribution < -0.4 is 0 Å². The molecule has 0 N–H and O–H groups in total. The Morgan fingerprint density at radius 1 is 0.207 bits per heavy atom. The summed E-state index contributed by atoms with van der Waals surface area (Å²) in [5.74, 6) is -86.4. The molecule has 0 spiro atoms. The van der Waals surface area contributed by atoms with Gasteiger partial charge in [0.1, 0.15) is 0 Å². The zero-order valence-electron chi connectivity index (χ0n) is 24.2. The Kier molecular flexibility index (Phi) is 12.7. The smallest absolute Gasteiger partial charge is 0.220 e. The van der Waals surface area contributed by atoms with Crippen molar-refractivity contribution in [3.05, 3.63) is 0 Å². The summed E-state index contributed by atoms with van der Waals surface area (Å²) in [7, 11) is -34.0. The molecule has 0 aliphatic heterocycles. The number of hydrogen-bond acceptors (Lipinski definition) is 6. The van der Waals surface area contributed by atoms with Crippen molar-refractivity contribution in [3.63, 3.8) is 0 Å². The van der Waals surface area contributed by atoms with Crippen molar-refractivity contribution in [2.45, 2.75) is 91.5 Å². The summed E-state index contributed by atoms with van der Waals surface area (Å²) in [5, 5.41) is -30.3. The first-order valence-corrected chi connectivity index (χ1v) is 16.2. The van der Waals surface area contributed by atoms with Gasteiger partial charge in [-0.15, -0.1) is 0 Å². The molecule has 0 atom stereocenters. The number of alkyl halides is 33. The highest BCUT2D eigenvalue weighted by Crippen LogP contribution is 2.65. The summed E-state index contributed by atoms with van der Waals surface area (Å²) in [5.41, 5.74) is 0. The molecule has 0 bridgehead atoms. The molecule has 0 saturated heterocycles. The van der Waals surface area contributed by atoms with Crippen LogP contribution in [0.2, 0.25) is 0 Å². The average Bonchev–Trinajstić information content (AvgIpc) is 2.93. The summed E-state index contributed by atoms with van der Waals surface area (Å²) in [4.78, 5) is 0. The van der Waals surface area contributed by atoms with E-state index < -0.39 is 121 Å². The van der Waals surface area contributed by atoms with E-state index in [1.54, 1.807) is 0 Å². The van der Waals surface area contributed by atoms with Crippen LogP contribution in [0.5, 0.6) is 0 Å². The minimum Gasteiger partial charge on any atom is -0.220 e. The summed E-state index contributed by atoms with van der Waals surface area (Å²) < 4.78 is 506. The number of halogens is 33. The quantitative estimate of drug-likeness (QED) is 0.152. The Balaban J connectivity index is 9.26. The lowest BCUT2D eigenvalue weighted by Crippen LogP contribution is -2.73.